The number of aromatic nitrogens is 1. The predicted octanol–water partition coefficient (Wildman–Crippen LogP) is 2.78. The molecule has 1 aromatic carbocycles. The van der Waals surface area contributed by atoms with E-state index in [4.69, 9.17) is 0 Å². The number of halogens is 3. The van der Waals surface area contributed by atoms with Crippen LogP contribution >= 0.6 is 0 Å². The zero-order chi connectivity index (χ0) is 13.1. The van der Waals surface area contributed by atoms with E-state index in [1.807, 2.05) is 0 Å². The standard InChI is InChI=1S/C13H10F3NO/c14-9-5-10(15)13(11(16)6-9)12(18)4-8-2-1-3-17-7-8/h1-3,5-7,12,18H,4H2. The summed E-state index contributed by atoms with van der Waals surface area (Å²) in [4.78, 5) is 3.83. The Balaban J connectivity index is 2.27. The fourth-order valence-electron chi connectivity index (χ4n) is 1.72. The van der Waals surface area contributed by atoms with E-state index < -0.39 is 29.1 Å². The molecule has 2 aromatic rings. The topological polar surface area (TPSA) is 33.1 Å². The van der Waals surface area contributed by atoms with Gasteiger partial charge >= 0.3 is 0 Å². The molecule has 2 nitrogen and oxygen atoms in total. The Hall–Kier alpha value is -1.88. The second-order valence-electron chi connectivity index (χ2n) is 3.86. The summed E-state index contributed by atoms with van der Waals surface area (Å²) in [6.07, 6.45) is 1.67. The number of hydrogen-bond acceptors (Lipinski definition) is 2. The third-order valence-corrected chi connectivity index (χ3v) is 2.53. The molecule has 0 fully saturated rings. The highest BCUT2D eigenvalue weighted by Gasteiger charge is 2.19. The monoisotopic (exact) mass is 253 g/mol. The SMILES string of the molecule is OC(Cc1cccnc1)c1c(F)cc(F)cc1F. The van der Waals surface area contributed by atoms with Crippen molar-refractivity contribution in [3.8, 4) is 0 Å². The number of benzene rings is 1. The molecule has 0 aliphatic heterocycles. The highest BCUT2D eigenvalue weighted by Crippen LogP contribution is 2.24. The van der Waals surface area contributed by atoms with Crippen LogP contribution in [0.5, 0.6) is 0 Å². The van der Waals surface area contributed by atoms with Crippen molar-refractivity contribution in [2.75, 3.05) is 0 Å². The van der Waals surface area contributed by atoms with Gasteiger partial charge in [-0.25, -0.2) is 13.2 Å². The van der Waals surface area contributed by atoms with Crippen molar-refractivity contribution in [2.45, 2.75) is 12.5 Å². The smallest absolute Gasteiger partial charge is 0.134 e. The lowest BCUT2D eigenvalue weighted by molar-refractivity contribution is 0.168. The Bertz CT molecular complexity index is 522. The van der Waals surface area contributed by atoms with Crippen molar-refractivity contribution in [2.24, 2.45) is 0 Å². The van der Waals surface area contributed by atoms with Gasteiger partial charge in [0.25, 0.3) is 0 Å². The van der Waals surface area contributed by atoms with Crippen molar-refractivity contribution < 1.29 is 18.3 Å². The van der Waals surface area contributed by atoms with Crippen LogP contribution < -0.4 is 0 Å². The van der Waals surface area contributed by atoms with Crippen molar-refractivity contribution >= 4 is 0 Å². The van der Waals surface area contributed by atoms with E-state index in [0.717, 1.165) is 0 Å². The van der Waals surface area contributed by atoms with Gasteiger partial charge in [0.2, 0.25) is 0 Å². The molecular formula is C13H10F3NO. The van der Waals surface area contributed by atoms with Gasteiger partial charge in [0, 0.05) is 30.9 Å². The number of rotatable bonds is 3. The molecule has 0 saturated carbocycles. The van der Waals surface area contributed by atoms with Gasteiger partial charge in [0.1, 0.15) is 17.5 Å². The minimum Gasteiger partial charge on any atom is -0.388 e. The third kappa shape index (κ3) is 2.68. The Morgan fingerprint density at radius 2 is 1.83 bits per heavy atom. The van der Waals surface area contributed by atoms with Gasteiger partial charge in [-0.15, -0.1) is 0 Å². The maximum absolute atomic E-state index is 13.4. The van der Waals surface area contributed by atoms with E-state index in [0.29, 0.717) is 17.7 Å². The first kappa shape index (κ1) is 12.6. The van der Waals surface area contributed by atoms with Gasteiger partial charge in [-0.3, -0.25) is 4.98 Å². The first-order valence-electron chi connectivity index (χ1n) is 5.29. The van der Waals surface area contributed by atoms with Crippen LogP contribution in [0.1, 0.15) is 17.2 Å². The van der Waals surface area contributed by atoms with Crippen LogP contribution in [0, 0.1) is 17.5 Å². The van der Waals surface area contributed by atoms with Crippen LogP contribution in [0.2, 0.25) is 0 Å². The molecule has 1 heterocycles. The van der Waals surface area contributed by atoms with E-state index in [1.54, 1.807) is 18.3 Å². The van der Waals surface area contributed by atoms with Gasteiger partial charge in [-0.1, -0.05) is 6.07 Å². The average molecular weight is 253 g/mol. The molecule has 2 rings (SSSR count). The Morgan fingerprint density at radius 1 is 1.17 bits per heavy atom. The fraction of sp³-hybridized carbons (Fsp3) is 0.154. The van der Waals surface area contributed by atoms with Gasteiger partial charge < -0.3 is 5.11 Å². The molecule has 0 radical (unpaired) electrons. The summed E-state index contributed by atoms with van der Waals surface area (Å²) in [5.74, 6) is -3.20. The molecule has 18 heavy (non-hydrogen) atoms. The lowest BCUT2D eigenvalue weighted by Crippen LogP contribution is -2.08. The number of aliphatic hydroxyl groups is 1. The van der Waals surface area contributed by atoms with E-state index in [-0.39, 0.29) is 6.42 Å². The lowest BCUT2D eigenvalue weighted by atomic mass is 10.0. The maximum atomic E-state index is 13.4. The number of nitrogens with zero attached hydrogens (tertiary/aromatic N) is 1. The van der Waals surface area contributed by atoms with Crippen LogP contribution in [0.4, 0.5) is 13.2 Å². The van der Waals surface area contributed by atoms with Gasteiger partial charge in [-0.2, -0.15) is 0 Å². The Labute approximate surface area is 102 Å². The molecule has 1 aromatic heterocycles. The maximum Gasteiger partial charge on any atom is 0.134 e. The molecule has 0 spiro atoms. The van der Waals surface area contributed by atoms with Crippen molar-refractivity contribution in [3.63, 3.8) is 0 Å². The second kappa shape index (κ2) is 5.18. The third-order valence-electron chi connectivity index (χ3n) is 2.53. The highest BCUT2D eigenvalue weighted by atomic mass is 19.1. The van der Waals surface area contributed by atoms with Crippen molar-refractivity contribution in [1.29, 1.82) is 0 Å². The van der Waals surface area contributed by atoms with Gasteiger partial charge in [-0.05, 0) is 11.6 Å². The summed E-state index contributed by atoms with van der Waals surface area (Å²) in [5.41, 5.74) is 0.105. The largest absolute Gasteiger partial charge is 0.388 e. The number of hydrogen-bond donors (Lipinski definition) is 1. The summed E-state index contributed by atoms with van der Waals surface area (Å²) in [6.45, 7) is 0. The quantitative estimate of drug-likeness (QED) is 0.912. The molecule has 0 bridgehead atoms. The van der Waals surface area contributed by atoms with Crippen LogP contribution in [0.15, 0.2) is 36.7 Å². The molecule has 0 saturated heterocycles. The Kier molecular flexibility index (Phi) is 3.62. The van der Waals surface area contributed by atoms with Crippen LogP contribution in [0.3, 0.4) is 0 Å². The summed E-state index contributed by atoms with van der Waals surface area (Å²) in [7, 11) is 0. The van der Waals surface area contributed by atoms with E-state index in [9.17, 15) is 18.3 Å². The van der Waals surface area contributed by atoms with Gasteiger partial charge in [0.05, 0.1) is 11.7 Å². The second-order valence-corrected chi connectivity index (χ2v) is 3.86. The highest BCUT2D eigenvalue weighted by molar-refractivity contribution is 5.25. The Morgan fingerprint density at radius 3 is 2.39 bits per heavy atom. The summed E-state index contributed by atoms with van der Waals surface area (Å²) in [5, 5.41) is 9.80. The molecule has 1 unspecified atom stereocenters. The summed E-state index contributed by atoms with van der Waals surface area (Å²) in [6, 6.07) is 4.42. The van der Waals surface area contributed by atoms with Crippen LogP contribution in [-0.2, 0) is 6.42 Å². The van der Waals surface area contributed by atoms with Crippen molar-refractivity contribution in [1.82, 2.24) is 4.98 Å². The lowest BCUT2D eigenvalue weighted by Gasteiger charge is -2.12. The minimum absolute atomic E-state index is 0.00725. The molecular weight excluding hydrogens is 243 g/mol. The molecule has 0 amide bonds. The summed E-state index contributed by atoms with van der Waals surface area (Å²) < 4.78 is 39.5. The van der Waals surface area contributed by atoms with E-state index in [2.05, 4.69) is 4.98 Å². The normalized spacial score (nSPS) is 12.4. The van der Waals surface area contributed by atoms with E-state index >= 15 is 0 Å². The zero-order valence-electron chi connectivity index (χ0n) is 9.28. The molecule has 5 heteroatoms. The van der Waals surface area contributed by atoms with Gasteiger partial charge in [0.15, 0.2) is 0 Å². The minimum atomic E-state index is -1.38. The van der Waals surface area contributed by atoms with Crippen LogP contribution in [-0.4, -0.2) is 10.1 Å². The predicted molar refractivity (Wildman–Crippen MR) is 59.2 cm³/mol. The molecule has 94 valence electrons. The number of pyridine rings is 1. The molecule has 0 aliphatic rings. The average Bonchev–Trinajstić information content (AvgIpc) is 2.28. The van der Waals surface area contributed by atoms with Crippen LogP contribution in [0.25, 0.3) is 0 Å². The van der Waals surface area contributed by atoms with Crippen molar-refractivity contribution in [3.05, 3.63) is 65.2 Å². The number of aliphatic hydroxyl groups excluding tert-OH is 1. The molecule has 0 aliphatic carbocycles. The zero-order valence-corrected chi connectivity index (χ0v) is 9.28. The molecule has 1 N–H and O–H groups in total. The molecule has 1 atom stereocenters. The fourth-order valence-corrected chi connectivity index (χ4v) is 1.72. The first-order chi connectivity index (χ1) is 8.58. The van der Waals surface area contributed by atoms with E-state index in [1.165, 1.54) is 6.20 Å². The first-order valence-corrected chi connectivity index (χ1v) is 5.29. The summed E-state index contributed by atoms with van der Waals surface area (Å²) >= 11 is 0.